The van der Waals surface area contributed by atoms with E-state index in [1.165, 1.54) is 6.92 Å². The number of hydrogen-bond acceptors (Lipinski definition) is 3. The summed E-state index contributed by atoms with van der Waals surface area (Å²) >= 11 is 0. The molecule has 0 rings (SSSR count). The standard InChI is InChI=1S/C6H10O3/c1-5(8)6(9)3-2-4-7/h5-9H,4H2,1H3. The van der Waals surface area contributed by atoms with Gasteiger partial charge in [-0.3, -0.25) is 0 Å². The molecule has 3 heteroatoms. The van der Waals surface area contributed by atoms with E-state index in [1.54, 1.807) is 0 Å². The van der Waals surface area contributed by atoms with Gasteiger partial charge in [0.1, 0.15) is 12.7 Å². The van der Waals surface area contributed by atoms with Gasteiger partial charge in [0.2, 0.25) is 0 Å². The summed E-state index contributed by atoms with van der Waals surface area (Å²) in [4.78, 5) is 0. The van der Waals surface area contributed by atoms with E-state index >= 15 is 0 Å². The molecular weight excluding hydrogens is 120 g/mol. The molecule has 0 aromatic rings. The van der Waals surface area contributed by atoms with Crippen LogP contribution < -0.4 is 0 Å². The highest BCUT2D eigenvalue weighted by molar-refractivity contribution is 5.05. The molecule has 0 aromatic carbocycles. The quantitative estimate of drug-likeness (QED) is 0.388. The molecule has 0 aliphatic rings. The normalized spacial score (nSPS) is 15.6. The van der Waals surface area contributed by atoms with E-state index in [0.29, 0.717) is 0 Å². The fourth-order valence-corrected chi connectivity index (χ4v) is 0.271. The van der Waals surface area contributed by atoms with Gasteiger partial charge in [-0.05, 0) is 6.92 Å². The summed E-state index contributed by atoms with van der Waals surface area (Å²) in [5.74, 6) is 4.46. The zero-order valence-corrected chi connectivity index (χ0v) is 5.20. The van der Waals surface area contributed by atoms with Gasteiger partial charge in [0.15, 0.2) is 0 Å². The van der Waals surface area contributed by atoms with E-state index in [1.807, 2.05) is 0 Å². The molecule has 0 radical (unpaired) electrons. The first-order valence-electron chi connectivity index (χ1n) is 2.64. The van der Waals surface area contributed by atoms with Crippen molar-refractivity contribution >= 4 is 0 Å². The molecule has 52 valence electrons. The average molecular weight is 130 g/mol. The molecular formula is C6H10O3. The topological polar surface area (TPSA) is 60.7 Å². The van der Waals surface area contributed by atoms with Gasteiger partial charge in [0.05, 0.1) is 6.10 Å². The molecule has 0 amide bonds. The van der Waals surface area contributed by atoms with E-state index < -0.39 is 12.2 Å². The summed E-state index contributed by atoms with van der Waals surface area (Å²) in [7, 11) is 0. The molecule has 0 aliphatic carbocycles. The number of rotatable bonds is 1. The van der Waals surface area contributed by atoms with Crippen LogP contribution in [-0.2, 0) is 0 Å². The van der Waals surface area contributed by atoms with Crippen molar-refractivity contribution in [3.8, 4) is 11.8 Å². The van der Waals surface area contributed by atoms with Crippen LogP contribution in [0.2, 0.25) is 0 Å². The van der Waals surface area contributed by atoms with Crippen molar-refractivity contribution in [2.75, 3.05) is 6.61 Å². The molecule has 0 bridgehead atoms. The Hall–Kier alpha value is -0.560. The Morgan fingerprint density at radius 3 is 2.33 bits per heavy atom. The third-order valence-electron chi connectivity index (χ3n) is 0.786. The minimum absolute atomic E-state index is 0.288. The summed E-state index contributed by atoms with van der Waals surface area (Å²) < 4.78 is 0. The first-order chi connectivity index (χ1) is 4.18. The van der Waals surface area contributed by atoms with E-state index in [4.69, 9.17) is 15.3 Å². The van der Waals surface area contributed by atoms with Gasteiger partial charge in [-0.2, -0.15) is 0 Å². The first-order valence-corrected chi connectivity index (χ1v) is 2.64. The maximum absolute atomic E-state index is 8.72. The van der Waals surface area contributed by atoms with Gasteiger partial charge in [-0.15, -0.1) is 0 Å². The second-order valence-electron chi connectivity index (χ2n) is 1.66. The molecule has 0 aromatic heterocycles. The van der Waals surface area contributed by atoms with E-state index in [0.717, 1.165) is 0 Å². The van der Waals surface area contributed by atoms with Crippen LogP contribution in [0.4, 0.5) is 0 Å². The first kappa shape index (κ1) is 8.44. The lowest BCUT2D eigenvalue weighted by molar-refractivity contribution is 0.0676. The fourth-order valence-electron chi connectivity index (χ4n) is 0.271. The van der Waals surface area contributed by atoms with Gasteiger partial charge in [-0.1, -0.05) is 11.8 Å². The van der Waals surface area contributed by atoms with Crippen LogP contribution >= 0.6 is 0 Å². The third-order valence-corrected chi connectivity index (χ3v) is 0.786. The van der Waals surface area contributed by atoms with Crippen LogP contribution in [0.1, 0.15) is 6.92 Å². The van der Waals surface area contributed by atoms with Gasteiger partial charge in [-0.25, -0.2) is 0 Å². The summed E-state index contributed by atoms with van der Waals surface area (Å²) in [6.45, 7) is 1.14. The highest BCUT2D eigenvalue weighted by Crippen LogP contribution is 1.87. The Morgan fingerprint density at radius 1 is 1.44 bits per heavy atom. The molecule has 2 atom stereocenters. The lowest BCUT2D eigenvalue weighted by Crippen LogP contribution is -2.20. The summed E-state index contributed by atoms with van der Waals surface area (Å²) in [5, 5.41) is 25.5. The van der Waals surface area contributed by atoms with Crippen LogP contribution in [0.5, 0.6) is 0 Å². The van der Waals surface area contributed by atoms with Gasteiger partial charge < -0.3 is 15.3 Å². The predicted molar refractivity (Wildman–Crippen MR) is 32.5 cm³/mol. The maximum Gasteiger partial charge on any atom is 0.140 e. The molecule has 0 fully saturated rings. The Labute approximate surface area is 53.9 Å². The molecule has 3 nitrogen and oxygen atoms in total. The Morgan fingerprint density at radius 2 is 2.00 bits per heavy atom. The summed E-state index contributed by atoms with van der Waals surface area (Å²) in [6, 6.07) is 0. The summed E-state index contributed by atoms with van der Waals surface area (Å²) in [6.07, 6.45) is -1.90. The number of aliphatic hydroxyl groups is 3. The average Bonchev–Trinajstić information content (AvgIpc) is 1.82. The Bertz CT molecular complexity index is 120. The molecule has 3 N–H and O–H groups in total. The smallest absolute Gasteiger partial charge is 0.140 e. The highest BCUT2D eigenvalue weighted by atomic mass is 16.3. The van der Waals surface area contributed by atoms with Crippen molar-refractivity contribution in [2.24, 2.45) is 0 Å². The van der Waals surface area contributed by atoms with E-state index in [2.05, 4.69) is 11.8 Å². The number of aliphatic hydroxyl groups excluding tert-OH is 3. The van der Waals surface area contributed by atoms with Crippen LogP contribution in [0.25, 0.3) is 0 Å². The molecule has 9 heavy (non-hydrogen) atoms. The molecule has 0 spiro atoms. The van der Waals surface area contributed by atoms with Crippen LogP contribution in [0.15, 0.2) is 0 Å². The van der Waals surface area contributed by atoms with Crippen molar-refractivity contribution < 1.29 is 15.3 Å². The van der Waals surface area contributed by atoms with Crippen LogP contribution in [0.3, 0.4) is 0 Å². The zero-order valence-electron chi connectivity index (χ0n) is 5.20. The molecule has 0 heterocycles. The van der Waals surface area contributed by atoms with Crippen molar-refractivity contribution in [1.29, 1.82) is 0 Å². The molecule has 0 saturated heterocycles. The van der Waals surface area contributed by atoms with Gasteiger partial charge in [0, 0.05) is 0 Å². The van der Waals surface area contributed by atoms with Crippen molar-refractivity contribution in [3.05, 3.63) is 0 Å². The van der Waals surface area contributed by atoms with Gasteiger partial charge >= 0.3 is 0 Å². The summed E-state index contributed by atoms with van der Waals surface area (Å²) in [5.41, 5.74) is 0. The SMILES string of the molecule is CC(O)C(O)C#CCO. The van der Waals surface area contributed by atoms with Crippen molar-refractivity contribution in [1.82, 2.24) is 0 Å². The third kappa shape index (κ3) is 3.98. The molecule has 0 saturated carbocycles. The predicted octanol–water partition coefficient (Wildman–Crippen LogP) is -1.28. The van der Waals surface area contributed by atoms with Crippen LogP contribution in [0, 0.1) is 11.8 Å². The van der Waals surface area contributed by atoms with E-state index in [9.17, 15) is 0 Å². The second-order valence-corrected chi connectivity index (χ2v) is 1.66. The maximum atomic E-state index is 8.72. The number of hydrogen-bond donors (Lipinski definition) is 3. The lowest BCUT2D eigenvalue weighted by atomic mass is 10.2. The second kappa shape index (κ2) is 4.33. The van der Waals surface area contributed by atoms with Crippen molar-refractivity contribution in [3.63, 3.8) is 0 Å². The molecule has 0 aliphatic heterocycles. The highest BCUT2D eigenvalue weighted by Gasteiger charge is 2.04. The largest absolute Gasteiger partial charge is 0.390 e. The van der Waals surface area contributed by atoms with E-state index in [-0.39, 0.29) is 6.61 Å². The minimum atomic E-state index is -1.04. The zero-order chi connectivity index (χ0) is 7.28. The monoisotopic (exact) mass is 130 g/mol. The lowest BCUT2D eigenvalue weighted by Gasteiger charge is -2.03. The fraction of sp³-hybridized carbons (Fsp3) is 0.667. The minimum Gasteiger partial charge on any atom is -0.390 e. The van der Waals surface area contributed by atoms with Gasteiger partial charge in [0.25, 0.3) is 0 Å². The van der Waals surface area contributed by atoms with Crippen molar-refractivity contribution in [2.45, 2.75) is 19.1 Å². The van der Waals surface area contributed by atoms with Crippen LogP contribution in [-0.4, -0.2) is 34.1 Å². The Kier molecular flexibility index (Phi) is 4.06. The Balaban J connectivity index is 3.61. The molecule has 2 unspecified atom stereocenters.